The number of rotatable bonds is 5. The molecule has 0 heterocycles. The number of hydrogen-bond acceptors (Lipinski definition) is 2. The zero-order valence-electron chi connectivity index (χ0n) is 19.3. The van der Waals surface area contributed by atoms with E-state index in [9.17, 15) is 9.90 Å². The smallest absolute Gasteiger partial charge is 0.155 e. The largest absolute Gasteiger partial charge is 0.379 e. The van der Waals surface area contributed by atoms with Crippen LogP contribution in [0.15, 0.2) is 12.2 Å². The number of fused-ring (bicyclic) bond motifs is 5. The molecule has 9 atom stereocenters. The first-order valence-corrected chi connectivity index (χ1v) is 12.6. The molecule has 164 valence electrons. The molecule has 4 aliphatic carbocycles. The predicted molar refractivity (Wildman–Crippen MR) is 119 cm³/mol. The second-order valence-corrected chi connectivity index (χ2v) is 12.1. The van der Waals surface area contributed by atoms with Crippen molar-refractivity contribution in [3.05, 3.63) is 12.2 Å². The van der Waals surface area contributed by atoms with Gasteiger partial charge in [-0.3, -0.25) is 4.79 Å². The number of hydrogen-bond donors (Lipinski definition) is 1. The molecule has 0 aromatic heterocycles. The lowest BCUT2D eigenvalue weighted by Crippen LogP contribution is -2.53. The maximum atomic E-state index is 11.0. The summed E-state index contributed by atoms with van der Waals surface area (Å²) in [6.07, 6.45) is 20.0. The lowest BCUT2D eigenvalue weighted by atomic mass is 9.44. The minimum absolute atomic E-state index is 0.499. The van der Waals surface area contributed by atoms with Gasteiger partial charge in [-0.25, -0.2) is 0 Å². The van der Waals surface area contributed by atoms with Gasteiger partial charge in [-0.2, -0.15) is 0 Å². The molecule has 0 aliphatic heterocycles. The molecule has 4 aliphatic rings. The van der Waals surface area contributed by atoms with E-state index in [2.05, 4.69) is 26.8 Å². The quantitative estimate of drug-likeness (QED) is 0.419. The van der Waals surface area contributed by atoms with Crippen LogP contribution in [-0.4, -0.2) is 17.0 Å². The number of carbonyl (C=O) groups excluding carboxylic acids is 1. The van der Waals surface area contributed by atoms with Gasteiger partial charge in [0.2, 0.25) is 0 Å². The van der Waals surface area contributed by atoms with E-state index in [1.54, 1.807) is 13.0 Å². The highest BCUT2D eigenvalue weighted by molar-refractivity contribution is 5.64. The van der Waals surface area contributed by atoms with Gasteiger partial charge in [0.1, 0.15) is 5.60 Å². The minimum Gasteiger partial charge on any atom is -0.379 e. The van der Waals surface area contributed by atoms with Gasteiger partial charge < -0.3 is 5.11 Å². The Morgan fingerprint density at radius 2 is 1.76 bits per heavy atom. The molecule has 29 heavy (non-hydrogen) atoms. The molecule has 3 unspecified atom stereocenters. The Balaban J connectivity index is 1.47. The van der Waals surface area contributed by atoms with Crippen molar-refractivity contribution in [1.29, 1.82) is 0 Å². The van der Waals surface area contributed by atoms with Crippen molar-refractivity contribution in [1.82, 2.24) is 0 Å². The summed E-state index contributed by atoms with van der Waals surface area (Å²) in [6, 6.07) is 0. The van der Waals surface area contributed by atoms with Crippen LogP contribution in [0.25, 0.3) is 0 Å². The summed E-state index contributed by atoms with van der Waals surface area (Å²) in [6.45, 7) is 9.28. The number of carbonyl (C=O) groups is 1. The zero-order chi connectivity index (χ0) is 20.9. The third-order valence-electron chi connectivity index (χ3n) is 10.5. The molecule has 4 fully saturated rings. The monoisotopic (exact) mass is 400 g/mol. The highest BCUT2D eigenvalue weighted by Gasteiger charge is 2.59. The average Bonchev–Trinajstić information content (AvgIpc) is 3.04. The lowest BCUT2D eigenvalue weighted by molar-refractivity contribution is -0.118. The van der Waals surface area contributed by atoms with E-state index < -0.39 is 5.60 Å². The first kappa shape index (κ1) is 21.6. The van der Waals surface area contributed by atoms with E-state index >= 15 is 0 Å². The molecule has 2 nitrogen and oxygen atoms in total. The molecule has 0 amide bonds. The van der Waals surface area contributed by atoms with E-state index in [-0.39, 0.29) is 0 Å². The molecule has 0 spiro atoms. The Bertz CT molecular complexity index is 636. The summed E-state index contributed by atoms with van der Waals surface area (Å²) in [5.41, 5.74) is -0.178. The number of aldehydes is 1. The van der Waals surface area contributed by atoms with E-state index in [4.69, 9.17) is 0 Å². The van der Waals surface area contributed by atoms with Gasteiger partial charge in [-0.1, -0.05) is 45.8 Å². The summed E-state index contributed by atoms with van der Waals surface area (Å²) in [7, 11) is 0. The second kappa shape index (κ2) is 7.81. The molecule has 2 heteroatoms. The van der Waals surface area contributed by atoms with Crippen LogP contribution in [0, 0.1) is 46.3 Å². The molecule has 1 N–H and O–H groups in total. The maximum Gasteiger partial charge on any atom is 0.155 e. The SMILES string of the molecule is CC(CC=CC(C)(O)C=O)[C@H]1CC[C@H]2[C@@H]3CCC4CCCC[C@]4(C)[C@H]3CC[C@]12C. The predicted octanol–water partition coefficient (Wildman–Crippen LogP) is 6.57. The molecular formula is C27H44O2. The zero-order valence-corrected chi connectivity index (χ0v) is 19.3. The number of aliphatic hydroxyl groups is 1. The van der Waals surface area contributed by atoms with Crippen molar-refractivity contribution in [3.8, 4) is 0 Å². The molecular weight excluding hydrogens is 356 g/mol. The Hall–Kier alpha value is -0.630. The van der Waals surface area contributed by atoms with E-state index in [1.165, 1.54) is 64.2 Å². The van der Waals surface area contributed by atoms with Crippen LogP contribution in [0.3, 0.4) is 0 Å². The van der Waals surface area contributed by atoms with Gasteiger partial charge in [0, 0.05) is 0 Å². The first-order chi connectivity index (χ1) is 13.7. The summed E-state index contributed by atoms with van der Waals surface area (Å²) in [4.78, 5) is 11.0. The van der Waals surface area contributed by atoms with E-state index in [0.29, 0.717) is 23.0 Å². The van der Waals surface area contributed by atoms with Crippen molar-refractivity contribution in [2.75, 3.05) is 0 Å². The van der Waals surface area contributed by atoms with Crippen LogP contribution in [-0.2, 0) is 4.79 Å². The van der Waals surface area contributed by atoms with E-state index in [0.717, 1.165) is 36.0 Å². The molecule has 4 saturated carbocycles. The van der Waals surface area contributed by atoms with Gasteiger partial charge in [0.05, 0.1) is 0 Å². The van der Waals surface area contributed by atoms with Gasteiger partial charge >= 0.3 is 0 Å². The fourth-order valence-corrected chi connectivity index (χ4v) is 9.00. The molecule has 0 saturated heterocycles. The first-order valence-electron chi connectivity index (χ1n) is 12.6. The Kier molecular flexibility index (Phi) is 5.82. The third-order valence-corrected chi connectivity index (χ3v) is 10.5. The minimum atomic E-state index is -1.31. The summed E-state index contributed by atoms with van der Waals surface area (Å²) in [5, 5.41) is 9.93. The lowest BCUT2D eigenvalue weighted by Gasteiger charge is -2.61. The van der Waals surface area contributed by atoms with Crippen LogP contribution in [0.5, 0.6) is 0 Å². The van der Waals surface area contributed by atoms with Crippen molar-refractivity contribution >= 4 is 6.29 Å². The average molecular weight is 401 g/mol. The Morgan fingerprint density at radius 3 is 2.52 bits per heavy atom. The van der Waals surface area contributed by atoms with Crippen molar-refractivity contribution < 1.29 is 9.90 Å². The standard InChI is InChI=1S/C27H44O2/c1-19(8-7-15-25(2,29)18-28)22-12-13-23-21-11-10-20-9-5-6-16-26(20,3)24(21)14-17-27(22,23)4/h7,15,18-24,29H,5-6,8-14,16-17H2,1-4H3/t19?,20?,21-,22+,23-,24-,25?,26-,27+/m0/s1. The Labute approximate surface area is 178 Å². The molecule has 4 rings (SSSR count). The molecule has 0 bridgehead atoms. The van der Waals surface area contributed by atoms with Crippen LogP contribution in [0.2, 0.25) is 0 Å². The Morgan fingerprint density at radius 1 is 1.00 bits per heavy atom. The fourth-order valence-electron chi connectivity index (χ4n) is 9.00. The molecule has 0 radical (unpaired) electrons. The van der Waals surface area contributed by atoms with Gasteiger partial charge in [-0.15, -0.1) is 0 Å². The summed E-state index contributed by atoms with van der Waals surface area (Å²) < 4.78 is 0. The van der Waals surface area contributed by atoms with Gasteiger partial charge in [-0.05, 0) is 111 Å². The molecule has 0 aromatic rings. The highest BCUT2D eigenvalue weighted by atomic mass is 16.3. The van der Waals surface area contributed by atoms with Crippen molar-refractivity contribution in [2.24, 2.45) is 46.3 Å². The third kappa shape index (κ3) is 3.66. The second-order valence-electron chi connectivity index (χ2n) is 12.1. The number of allylic oxidation sites excluding steroid dienone is 1. The van der Waals surface area contributed by atoms with E-state index in [1.807, 2.05) is 0 Å². The van der Waals surface area contributed by atoms with Crippen molar-refractivity contribution in [2.45, 2.75) is 104 Å². The van der Waals surface area contributed by atoms with Crippen LogP contribution in [0.4, 0.5) is 0 Å². The maximum absolute atomic E-state index is 11.0. The summed E-state index contributed by atoms with van der Waals surface area (Å²) >= 11 is 0. The van der Waals surface area contributed by atoms with Crippen LogP contribution < -0.4 is 0 Å². The molecule has 0 aromatic carbocycles. The normalized spacial score (nSPS) is 47.7. The van der Waals surface area contributed by atoms with Gasteiger partial charge in [0.25, 0.3) is 0 Å². The fraction of sp³-hybridized carbons (Fsp3) is 0.889. The van der Waals surface area contributed by atoms with Crippen LogP contribution >= 0.6 is 0 Å². The highest BCUT2D eigenvalue weighted by Crippen LogP contribution is 2.68. The van der Waals surface area contributed by atoms with Crippen molar-refractivity contribution in [3.63, 3.8) is 0 Å². The summed E-state index contributed by atoms with van der Waals surface area (Å²) in [5.74, 6) is 5.30. The topological polar surface area (TPSA) is 37.3 Å². The van der Waals surface area contributed by atoms with Crippen LogP contribution in [0.1, 0.15) is 98.3 Å². The van der Waals surface area contributed by atoms with Gasteiger partial charge in [0.15, 0.2) is 6.29 Å².